The Morgan fingerprint density at radius 2 is 1.70 bits per heavy atom. The Morgan fingerprint density at radius 3 is 2.38 bits per heavy atom. The minimum Gasteiger partial charge on any atom is -0.484 e. The second-order valence-electron chi connectivity index (χ2n) is 11.3. The average Bonchev–Trinajstić information content (AvgIpc) is 2.97. The number of nitrogens with zero attached hydrogens (tertiary/aromatic N) is 2. The maximum Gasteiger partial charge on any atom is 0.260 e. The first-order valence-corrected chi connectivity index (χ1v) is 15.0. The van der Waals surface area contributed by atoms with Crippen molar-refractivity contribution in [2.24, 2.45) is 11.8 Å². The summed E-state index contributed by atoms with van der Waals surface area (Å²) in [6, 6.07) is 24.2. The van der Waals surface area contributed by atoms with Crippen LogP contribution < -0.4 is 4.74 Å². The minimum atomic E-state index is 0.00481. The first-order chi connectivity index (χ1) is 19.4. The van der Waals surface area contributed by atoms with E-state index in [1.807, 2.05) is 41.3 Å². The number of hydrogen-bond donors (Lipinski definition) is 0. The average molecular weight is 582 g/mol. The molecule has 0 N–H and O–H groups in total. The molecule has 2 heterocycles. The minimum absolute atomic E-state index is 0.00481. The molecular formula is C33H38Cl2N2O3. The molecule has 0 unspecified atom stereocenters. The van der Waals surface area contributed by atoms with Crippen LogP contribution in [0.4, 0.5) is 0 Å². The van der Waals surface area contributed by atoms with Gasteiger partial charge >= 0.3 is 0 Å². The van der Waals surface area contributed by atoms with Crippen LogP contribution in [0.5, 0.6) is 5.75 Å². The molecule has 0 bridgehead atoms. The molecule has 7 heteroatoms. The number of rotatable bonds is 8. The lowest BCUT2D eigenvalue weighted by Gasteiger charge is -2.39. The van der Waals surface area contributed by atoms with E-state index in [-0.39, 0.29) is 24.5 Å². The Labute approximate surface area is 248 Å². The molecule has 2 aliphatic heterocycles. The van der Waals surface area contributed by atoms with Gasteiger partial charge in [0.1, 0.15) is 5.75 Å². The van der Waals surface area contributed by atoms with E-state index in [1.165, 1.54) is 5.56 Å². The van der Waals surface area contributed by atoms with Gasteiger partial charge in [-0.25, -0.2) is 0 Å². The van der Waals surface area contributed by atoms with E-state index in [1.54, 1.807) is 0 Å². The van der Waals surface area contributed by atoms with Crippen molar-refractivity contribution in [2.45, 2.75) is 38.8 Å². The summed E-state index contributed by atoms with van der Waals surface area (Å²) < 4.78 is 12.3. The van der Waals surface area contributed by atoms with Crippen molar-refractivity contribution in [3.63, 3.8) is 0 Å². The number of hydrogen-bond acceptors (Lipinski definition) is 4. The van der Waals surface area contributed by atoms with Gasteiger partial charge in [-0.3, -0.25) is 9.69 Å². The van der Waals surface area contributed by atoms with Gasteiger partial charge in [0.2, 0.25) is 0 Å². The molecule has 2 fully saturated rings. The Balaban J connectivity index is 1.12. The molecule has 0 aliphatic carbocycles. The van der Waals surface area contributed by atoms with Gasteiger partial charge in [0.15, 0.2) is 6.61 Å². The van der Waals surface area contributed by atoms with Gasteiger partial charge in [0.05, 0.1) is 12.7 Å². The van der Waals surface area contributed by atoms with Crippen molar-refractivity contribution in [3.8, 4) is 5.75 Å². The molecule has 0 aromatic heterocycles. The van der Waals surface area contributed by atoms with Crippen LogP contribution in [0.25, 0.3) is 0 Å². The number of amides is 1. The Bertz CT molecular complexity index is 1260. The third kappa shape index (κ3) is 7.19. The second-order valence-corrected chi connectivity index (χ2v) is 12.1. The third-order valence-electron chi connectivity index (χ3n) is 8.23. The first kappa shape index (κ1) is 28.9. The van der Waals surface area contributed by atoms with Crippen molar-refractivity contribution >= 4 is 29.1 Å². The number of carbonyl (C=O) groups is 1. The highest BCUT2D eigenvalue weighted by Crippen LogP contribution is 2.45. The fourth-order valence-corrected chi connectivity index (χ4v) is 6.43. The maximum atomic E-state index is 12.8. The van der Waals surface area contributed by atoms with Crippen LogP contribution in [0.15, 0.2) is 72.8 Å². The smallest absolute Gasteiger partial charge is 0.260 e. The van der Waals surface area contributed by atoms with Gasteiger partial charge in [-0.05, 0) is 59.2 Å². The van der Waals surface area contributed by atoms with Crippen molar-refractivity contribution in [1.82, 2.24) is 9.80 Å². The van der Waals surface area contributed by atoms with Crippen molar-refractivity contribution in [1.29, 1.82) is 0 Å². The summed E-state index contributed by atoms with van der Waals surface area (Å²) in [5.41, 5.74) is 3.53. The Morgan fingerprint density at radius 1 is 0.975 bits per heavy atom. The van der Waals surface area contributed by atoms with Gasteiger partial charge in [-0.1, -0.05) is 85.6 Å². The summed E-state index contributed by atoms with van der Waals surface area (Å²) in [5.74, 6) is 1.76. The lowest BCUT2D eigenvalue weighted by atomic mass is 9.76. The van der Waals surface area contributed by atoms with Crippen LogP contribution in [0.2, 0.25) is 10.0 Å². The number of ether oxygens (including phenoxy) is 2. The summed E-state index contributed by atoms with van der Waals surface area (Å²) in [5, 5.41) is 1.35. The van der Waals surface area contributed by atoms with Gasteiger partial charge < -0.3 is 14.4 Å². The molecule has 2 aliphatic rings. The maximum absolute atomic E-state index is 12.8. The highest BCUT2D eigenvalue weighted by Gasteiger charge is 2.35. The highest BCUT2D eigenvalue weighted by atomic mass is 35.5. The monoisotopic (exact) mass is 580 g/mol. The zero-order chi connectivity index (χ0) is 28.1. The quantitative estimate of drug-likeness (QED) is 0.282. The van der Waals surface area contributed by atoms with E-state index in [0.29, 0.717) is 34.2 Å². The number of benzene rings is 3. The molecule has 3 aromatic carbocycles. The van der Waals surface area contributed by atoms with E-state index < -0.39 is 0 Å². The Kier molecular flexibility index (Phi) is 9.69. The van der Waals surface area contributed by atoms with Crippen LogP contribution in [0.3, 0.4) is 0 Å². The van der Waals surface area contributed by atoms with Gasteiger partial charge in [-0.2, -0.15) is 0 Å². The van der Waals surface area contributed by atoms with Gasteiger partial charge in [0.25, 0.3) is 5.91 Å². The van der Waals surface area contributed by atoms with E-state index in [9.17, 15) is 4.79 Å². The predicted molar refractivity (Wildman–Crippen MR) is 161 cm³/mol. The molecule has 0 spiro atoms. The standard InChI is InChI=1S/C33H38Cl2N2O3/c1-23(2)30-18-26(29-13-10-27(34)19-31(29)35)21-40-33(30)25-8-11-28(12-9-25)39-22-32(38)37-16-14-36(15-17-37)20-24-6-4-3-5-7-24/h3-13,19,23,26,30,33H,14-18,20-22H2,1-2H3/t26-,30-,33-/m0/s1. The van der Waals surface area contributed by atoms with E-state index in [2.05, 4.69) is 55.1 Å². The van der Waals surface area contributed by atoms with Crippen LogP contribution in [-0.4, -0.2) is 55.1 Å². The fraction of sp³-hybridized carbons (Fsp3) is 0.424. The van der Waals surface area contributed by atoms with E-state index in [4.69, 9.17) is 32.7 Å². The summed E-state index contributed by atoms with van der Waals surface area (Å²) in [4.78, 5) is 17.1. The molecule has 5 rings (SSSR count). The van der Waals surface area contributed by atoms with Crippen LogP contribution in [0, 0.1) is 11.8 Å². The number of piperazine rings is 1. The molecule has 0 saturated carbocycles. The van der Waals surface area contributed by atoms with E-state index >= 15 is 0 Å². The normalized spacial score (nSPS) is 21.9. The highest BCUT2D eigenvalue weighted by molar-refractivity contribution is 6.35. The zero-order valence-electron chi connectivity index (χ0n) is 23.3. The molecule has 5 nitrogen and oxygen atoms in total. The fourth-order valence-electron chi connectivity index (χ4n) is 5.87. The van der Waals surface area contributed by atoms with Crippen LogP contribution in [0.1, 0.15) is 49.0 Å². The first-order valence-electron chi connectivity index (χ1n) is 14.2. The molecule has 1 amide bonds. The van der Waals surface area contributed by atoms with E-state index in [0.717, 1.165) is 50.3 Å². The summed E-state index contributed by atoms with van der Waals surface area (Å²) in [6.07, 6.45) is 1.000. The van der Waals surface area contributed by atoms with Crippen molar-refractivity contribution in [3.05, 3.63) is 99.5 Å². The van der Waals surface area contributed by atoms with Crippen LogP contribution in [-0.2, 0) is 16.1 Å². The largest absolute Gasteiger partial charge is 0.484 e. The molecule has 0 radical (unpaired) electrons. The number of carbonyl (C=O) groups excluding carboxylic acids is 1. The molecule has 3 atom stereocenters. The SMILES string of the molecule is CC(C)[C@@H]1C[C@H](c2ccc(Cl)cc2Cl)CO[C@H]1c1ccc(OCC(=O)N2CCN(Cc3ccccc3)CC2)cc1. The van der Waals surface area contributed by atoms with Crippen molar-refractivity contribution in [2.75, 3.05) is 39.4 Å². The predicted octanol–water partition coefficient (Wildman–Crippen LogP) is 7.23. The lowest BCUT2D eigenvalue weighted by Crippen LogP contribution is -2.49. The lowest BCUT2D eigenvalue weighted by molar-refractivity contribution is -0.135. The summed E-state index contributed by atoms with van der Waals surface area (Å²) >= 11 is 12.6. The van der Waals surface area contributed by atoms with Crippen molar-refractivity contribution < 1.29 is 14.3 Å². The summed E-state index contributed by atoms with van der Waals surface area (Å²) in [6.45, 7) is 9.28. The molecule has 212 valence electrons. The third-order valence-corrected chi connectivity index (χ3v) is 8.79. The zero-order valence-corrected chi connectivity index (χ0v) is 24.8. The molecule has 40 heavy (non-hydrogen) atoms. The summed E-state index contributed by atoms with van der Waals surface area (Å²) in [7, 11) is 0. The topological polar surface area (TPSA) is 42.0 Å². The van der Waals surface area contributed by atoms with Gasteiger partial charge in [0, 0.05) is 48.7 Å². The Hall–Kier alpha value is -2.57. The van der Waals surface area contributed by atoms with Crippen LogP contribution >= 0.6 is 23.2 Å². The molecule has 2 saturated heterocycles. The number of halogens is 2. The molecule has 3 aromatic rings. The molecular weight excluding hydrogens is 543 g/mol. The second kappa shape index (κ2) is 13.4. The van der Waals surface area contributed by atoms with Gasteiger partial charge in [-0.15, -0.1) is 0 Å².